The Kier molecular flexibility index (Phi) is 11.2. The number of carbonyl (C=O) groups excluding carboxylic acids is 2. The first kappa shape index (κ1) is 27.5. The Morgan fingerprint density at radius 3 is 1.97 bits per heavy atom. The fourth-order valence-electron chi connectivity index (χ4n) is 2.90. The number of ether oxygens (including phenoxy) is 3. The predicted octanol–water partition coefficient (Wildman–Crippen LogP) is 2.65. The van der Waals surface area contributed by atoms with Gasteiger partial charge >= 0.3 is 35.5 Å². The van der Waals surface area contributed by atoms with Crippen LogP contribution in [-0.2, 0) is 27.5 Å². The van der Waals surface area contributed by atoms with E-state index >= 15 is 0 Å². The zero-order valence-corrected chi connectivity index (χ0v) is 21.7. The van der Waals surface area contributed by atoms with Gasteiger partial charge in [-0.1, -0.05) is 72.3 Å². The normalized spacial score (nSPS) is 10.7. The second-order valence-electron chi connectivity index (χ2n) is 6.94. The van der Waals surface area contributed by atoms with Gasteiger partial charge in [-0.3, -0.25) is 4.79 Å². The molecule has 0 heterocycles. The third-order valence-corrected chi connectivity index (χ3v) is 4.82. The van der Waals surface area contributed by atoms with Crippen LogP contribution in [0.4, 0.5) is 0 Å². The largest absolute Gasteiger partial charge is 1.00 e. The number of rotatable bonds is 10. The summed E-state index contributed by atoms with van der Waals surface area (Å²) < 4.78 is 16.4. The zero-order valence-electron chi connectivity index (χ0n) is 20.0. The average Bonchev–Trinajstić information content (AvgIpc) is 2.83. The number of halogens is 1. The van der Waals surface area contributed by atoms with Gasteiger partial charge in [0.2, 0.25) is 0 Å². The molecule has 172 valence electrons. The van der Waals surface area contributed by atoms with Crippen molar-refractivity contribution in [3.63, 3.8) is 0 Å². The van der Waals surface area contributed by atoms with Crippen LogP contribution in [0, 0.1) is 0 Å². The molecule has 0 amide bonds. The SMILES string of the molecule is CCOC(=O)C(=O)C=C(O)c1cc(Cl)c(OCc2ccccc2)cc1OCc1ccccc1.[H-].[Na+]. The summed E-state index contributed by atoms with van der Waals surface area (Å²) in [6.45, 7) is 2.11. The van der Waals surface area contributed by atoms with E-state index in [-0.39, 0.29) is 67.1 Å². The average molecular weight is 491 g/mol. The Balaban J connectivity index is 0.00000306. The van der Waals surface area contributed by atoms with Gasteiger partial charge in [0.25, 0.3) is 5.78 Å². The first-order valence-electron chi connectivity index (χ1n) is 10.3. The molecule has 0 aliphatic rings. The smallest absolute Gasteiger partial charge is 1.00 e. The van der Waals surface area contributed by atoms with E-state index in [1.165, 1.54) is 6.07 Å². The molecule has 0 saturated carbocycles. The van der Waals surface area contributed by atoms with Gasteiger partial charge < -0.3 is 20.7 Å². The molecule has 1 N–H and O–H groups in total. The monoisotopic (exact) mass is 490 g/mol. The maximum atomic E-state index is 12.0. The van der Waals surface area contributed by atoms with Crippen molar-refractivity contribution < 1.29 is 59.9 Å². The molecule has 0 unspecified atom stereocenters. The van der Waals surface area contributed by atoms with Gasteiger partial charge in [-0.2, -0.15) is 0 Å². The third kappa shape index (κ3) is 7.92. The van der Waals surface area contributed by atoms with E-state index in [1.54, 1.807) is 13.0 Å². The molecule has 3 aromatic carbocycles. The third-order valence-electron chi connectivity index (χ3n) is 4.53. The van der Waals surface area contributed by atoms with Gasteiger partial charge in [-0.05, 0) is 24.1 Å². The van der Waals surface area contributed by atoms with Crippen LogP contribution in [0.15, 0.2) is 78.9 Å². The van der Waals surface area contributed by atoms with Crippen molar-refractivity contribution in [2.45, 2.75) is 20.1 Å². The molecule has 0 atom stereocenters. The minimum Gasteiger partial charge on any atom is -1.00 e. The summed E-state index contributed by atoms with van der Waals surface area (Å²) in [5.41, 5.74) is 1.99. The molecule has 0 spiro atoms. The van der Waals surface area contributed by atoms with Crippen molar-refractivity contribution in [3.8, 4) is 11.5 Å². The van der Waals surface area contributed by atoms with Gasteiger partial charge in [0.15, 0.2) is 0 Å². The van der Waals surface area contributed by atoms with E-state index in [2.05, 4.69) is 4.74 Å². The molecule has 0 aromatic heterocycles. The fraction of sp³-hybridized carbons (Fsp3) is 0.154. The quantitative estimate of drug-likeness (QED) is 0.155. The van der Waals surface area contributed by atoms with Crippen molar-refractivity contribution in [1.29, 1.82) is 0 Å². The van der Waals surface area contributed by atoms with E-state index in [0.717, 1.165) is 17.2 Å². The summed E-state index contributed by atoms with van der Waals surface area (Å²) in [7, 11) is 0. The number of esters is 1. The van der Waals surface area contributed by atoms with Crippen LogP contribution >= 0.6 is 11.6 Å². The molecule has 0 saturated heterocycles. The Morgan fingerprint density at radius 2 is 1.44 bits per heavy atom. The summed E-state index contributed by atoms with van der Waals surface area (Å²) in [5, 5.41) is 10.8. The second kappa shape index (κ2) is 13.8. The molecule has 8 heteroatoms. The molecule has 0 aliphatic heterocycles. The summed E-state index contributed by atoms with van der Waals surface area (Å²) in [6, 6.07) is 22.0. The minimum absolute atomic E-state index is 0. The van der Waals surface area contributed by atoms with Gasteiger partial charge in [-0.25, -0.2) is 4.79 Å². The van der Waals surface area contributed by atoms with Crippen LogP contribution in [0.3, 0.4) is 0 Å². The summed E-state index contributed by atoms with van der Waals surface area (Å²) in [5.74, 6) is -1.96. The molecular formula is C26H24ClNaO6. The number of carbonyl (C=O) groups is 2. The van der Waals surface area contributed by atoms with Crippen molar-refractivity contribution >= 4 is 29.1 Å². The number of aliphatic hydroxyl groups excluding tert-OH is 1. The molecule has 0 bridgehead atoms. The molecular weight excluding hydrogens is 467 g/mol. The molecule has 6 nitrogen and oxygen atoms in total. The molecule has 34 heavy (non-hydrogen) atoms. The van der Waals surface area contributed by atoms with E-state index in [9.17, 15) is 14.7 Å². The van der Waals surface area contributed by atoms with Crippen molar-refractivity contribution in [3.05, 3.63) is 101 Å². The molecule has 3 aromatic rings. The van der Waals surface area contributed by atoms with Gasteiger partial charge in [0.05, 0.1) is 17.2 Å². The fourth-order valence-corrected chi connectivity index (χ4v) is 3.12. The van der Waals surface area contributed by atoms with Crippen LogP contribution in [-0.4, -0.2) is 23.5 Å². The van der Waals surface area contributed by atoms with E-state index < -0.39 is 17.5 Å². The predicted molar refractivity (Wildman–Crippen MR) is 126 cm³/mol. The molecule has 3 rings (SSSR count). The van der Waals surface area contributed by atoms with Gasteiger partial charge in [0, 0.05) is 12.1 Å². The first-order valence-corrected chi connectivity index (χ1v) is 10.6. The van der Waals surface area contributed by atoms with Crippen LogP contribution in [0.2, 0.25) is 5.02 Å². The zero-order chi connectivity index (χ0) is 23.6. The Labute approximate surface area is 226 Å². The molecule has 0 aliphatic carbocycles. The number of hydrogen-bond donors (Lipinski definition) is 1. The van der Waals surface area contributed by atoms with Crippen LogP contribution < -0.4 is 39.0 Å². The van der Waals surface area contributed by atoms with Crippen LogP contribution in [0.25, 0.3) is 5.76 Å². The second-order valence-corrected chi connectivity index (χ2v) is 7.35. The maximum absolute atomic E-state index is 12.0. The Morgan fingerprint density at radius 1 is 0.912 bits per heavy atom. The van der Waals surface area contributed by atoms with Gasteiger partial charge in [-0.15, -0.1) is 0 Å². The Bertz CT molecular complexity index is 1140. The summed E-state index contributed by atoms with van der Waals surface area (Å²) >= 11 is 6.38. The summed E-state index contributed by atoms with van der Waals surface area (Å²) in [4.78, 5) is 23.7. The van der Waals surface area contributed by atoms with Crippen molar-refractivity contribution in [1.82, 2.24) is 0 Å². The number of ketones is 1. The number of aliphatic hydroxyl groups is 1. The standard InChI is InChI=1S/C26H23ClO6.Na.H/c1-2-31-26(30)23(29)14-22(28)20-13-21(27)25(33-17-19-11-7-4-8-12-19)15-24(20)32-16-18-9-5-3-6-10-18;;/h3-15,28H,2,16-17H2,1H3;;/q;+1;-1. The first-order chi connectivity index (χ1) is 16.0. The minimum atomic E-state index is -1.07. The number of hydrogen-bond acceptors (Lipinski definition) is 6. The van der Waals surface area contributed by atoms with Crippen LogP contribution in [0.1, 0.15) is 25.0 Å². The van der Waals surface area contributed by atoms with Gasteiger partial charge in [0.1, 0.15) is 30.5 Å². The van der Waals surface area contributed by atoms with Crippen molar-refractivity contribution in [2.75, 3.05) is 6.61 Å². The van der Waals surface area contributed by atoms with E-state index in [1.807, 2.05) is 60.7 Å². The van der Waals surface area contributed by atoms with E-state index in [0.29, 0.717) is 5.75 Å². The van der Waals surface area contributed by atoms with Crippen molar-refractivity contribution in [2.24, 2.45) is 0 Å². The molecule has 0 radical (unpaired) electrons. The topological polar surface area (TPSA) is 82.1 Å². The summed E-state index contributed by atoms with van der Waals surface area (Å²) in [6.07, 6.45) is 0.781. The number of benzene rings is 3. The Hall–Kier alpha value is -2.77. The maximum Gasteiger partial charge on any atom is 1.00 e. The van der Waals surface area contributed by atoms with Crippen LogP contribution in [0.5, 0.6) is 11.5 Å². The van der Waals surface area contributed by atoms with E-state index in [4.69, 9.17) is 21.1 Å². The molecule has 0 fully saturated rings.